The van der Waals surface area contributed by atoms with E-state index in [0.717, 1.165) is 5.56 Å². The van der Waals surface area contributed by atoms with Crippen molar-refractivity contribution >= 4 is 11.8 Å². The highest BCUT2D eigenvalue weighted by atomic mass is 16.5. The topological polar surface area (TPSA) is 71.5 Å². The molecule has 2 amide bonds. The lowest BCUT2D eigenvalue weighted by molar-refractivity contribution is -0.151. The number of amides is 2. The van der Waals surface area contributed by atoms with Crippen molar-refractivity contribution in [2.45, 2.75) is 39.4 Å². The average molecular weight is 291 g/mol. The van der Waals surface area contributed by atoms with Crippen LogP contribution in [-0.2, 0) is 16.1 Å². The Balaban J connectivity index is 2.28. The van der Waals surface area contributed by atoms with Gasteiger partial charge in [0.15, 0.2) is 0 Å². The molecule has 2 atom stereocenters. The lowest BCUT2D eigenvalue weighted by Gasteiger charge is -2.40. The summed E-state index contributed by atoms with van der Waals surface area (Å²) in [5, 5.41) is 2.73. The van der Waals surface area contributed by atoms with Crippen LogP contribution in [0.4, 0.5) is 0 Å². The lowest BCUT2D eigenvalue weighted by atomic mass is 9.97. The summed E-state index contributed by atoms with van der Waals surface area (Å²) in [4.78, 5) is 30.3. The summed E-state index contributed by atoms with van der Waals surface area (Å²) in [7, 11) is 1.55. The van der Waals surface area contributed by atoms with Gasteiger partial charge in [-0.3, -0.25) is 9.59 Å². The normalized spacial score (nSPS) is 22.4. The number of nitrogens with one attached hydrogen (secondary N) is 1. The van der Waals surface area contributed by atoms with Crippen LogP contribution in [-0.4, -0.2) is 40.9 Å². The third kappa shape index (κ3) is 3.15. The minimum absolute atomic E-state index is 0.0465. The van der Waals surface area contributed by atoms with Crippen molar-refractivity contribution < 1.29 is 14.3 Å². The van der Waals surface area contributed by atoms with Gasteiger partial charge in [0.1, 0.15) is 12.1 Å². The van der Waals surface area contributed by atoms with Crippen molar-refractivity contribution in [3.8, 4) is 5.88 Å². The quantitative estimate of drug-likeness (QED) is 0.897. The highest BCUT2D eigenvalue weighted by Gasteiger charge is 2.40. The van der Waals surface area contributed by atoms with Crippen LogP contribution >= 0.6 is 0 Å². The summed E-state index contributed by atoms with van der Waals surface area (Å²) in [5.41, 5.74) is 0.891. The van der Waals surface area contributed by atoms with Gasteiger partial charge in [-0.05, 0) is 24.5 Å². The zero-order chi connectivity index (χ0) is 15.6. The first-order valence-electron chi connectivity index (χ1n) is 7.03. The SMILES string of the molecule is COc1cc(CN2C(=O)C(C)NC(=O)C2C(C)C)ccn1. The molecule has 1 aliphatic heterocycles. The van der Waals surface area contributed by atoms with Crippen LogP contribution in [0.3, 0.4) is 0 Å². The fraction of sp³-hybridized carbons (Fsp3) is 0.533. The molecule has 0 aromatic carbocycles. The first kappa shape index (κ1) is 15.3. The molecule has 1 aliphatic rings. The van der Waals surface area contributed by atoms with Gasteiger partial charge in [-0.2, -0.15) is 0 Å². The number of ether oxygens (including phenoxy) is 1. The second kappa shape index (κ2) is 6.11. The van der Waals surface area contributed by atoms with Crippen LogP contribution in [0, 0.1) is 5.92 Å². The molecule has 1 aromatic heterocycles. The zero-order valence-corrected chi connectivity index (χ0v) is 12.8. The Morgan fingerprint density at radius 2 is 2.14 bits per heavy atom. The Morgan fingerprint density at radius 1 is 1.43 bits per heavy atom. The van der Waals surface area contributed by atoms with Crippen LogP contribution in [0.2, 0.25) is 0 Å². The van der Waals surface area contributed by atoms with Crippen LogP contribution < -0.4 is 10.1 Å². The Bertz CT molecular complexity index is 545. The molecule has 1 saturated heterocycles. The predicted molar refractivity (Wildman–Crippen MR) is 77.6 cm³/mol. The van der Waals surface area contributed by atoms with E-state index in [4.69, 9.17) is 4.74 Å². The van der Waals surface area contributed by atoms with Crippen molar-refractivity contribution in [3.05, 3.63) is 23.9 Å². The van der Waals surface area contributed by atoms with Gasteiger partial charge < -0.3 is 15.0 Å². The number of pyridine rings is 1. The molecule has 2 rings (SSSR count). The van der Waals surface area contributed by atoms with E-state index < -0.39 is 12.1 Å². The fourth-order valence-electron chi connectivity index (χ4n) is 2.58. The predicted octanol–water partition coefficient (Wildman–Crippen LogP) is 0.962. The van der Waals surface area contributed by atoms with Crippen LogP contribution in [0.5, 0.6) is 5.88 Å². The molecule has 0 radical (unpaired) electrons. The number of carbonyl (C=O) groups is 2. The highest BCUT2D eigenvalue weighted by Crippen LogP contribution is 2.21. The molecule has 0 bridgehead atoms. The molecule has 6 heteroatoms. The summed E-state index contributed by atoms with van der Waals surface area (Å²) in [5.74, 6) is 0.378. The Kier molecular flexibility index (Phi) is 4.45. The third-order valence-corrected chi connectivity index (χ3v) is 3.61. The summed E-state index contributed by atoms with van der Waals surface area (Å²) >= 11 is 0. The summed E-state index contributed by atoms with van der Waals surface area (Å²) in [6.07, 6.45) is 1.64. The third-order valence-electron chi connectivity index (χ3n) is 3.61. The largest absolute Gasteiger partial charge is 0.481 e. The van der Waals surface area contributed by atoms with Crippen LogP contribution in [0.1, 0.15) is 26.3 Å². The van der Waals surface area contributed by atoms with Crippen molar-refractivity contribution in [2.75, 3.05) is 7.11 Å². The van der Waals surface area contributed by atoms with Gasteiger partial charge >= 0.3 is 0 Å². The van der Waals surface area contributed by atoms with E-state index in [2.05, 4.69) is 10.3 Å². The van der Waals surface area contributed by atoms with Gasteiger partial charge in [0.05, 0.1) is 7.11 Å². The maximum absolute atomic E-state index is 12.4. The number of nitrogens with zero attached hydrogens (tertiary/aromatic N) is 2. The first-order valence-corrected chi connectivity index (χ1v) is 7.03. The van der Waals surface area contributed by atoms with Gasteiger partial charge in [0, 0.05) is 18.8 Å². The van der Waals surface area contributed by atoms with E-state index in [1.165, 1.54) is 0 Å². The van der Waals surface area contributed by atoms with Gasteiger partial charge in [0.2, 0.25) is 17.7 Å². The molecule has 114 valence electrons. The Morgan fingerprint density at radius 3 is 2.76 bits per heavy atom. The van der Waals surface area contributed by atoms with Gasteiger partial charge in [-0.1, -0.05) is 13.8 Å². The Labute approximate surface area is 124 Å². The molecule has 2 heterocycles. The van der Waals surface area contributed by atoms with E-state index in [9.17, 15) is 9.59 Å². The van der Waals surface area contributed by atoms with Crippen molar-refractivity contribution in [1.82, 2.24) is 15.2 Å². The molecule has 0 aliphatic carbocycles. The highest BCUT2D eigenvalue weighted by molar-refractivity contribution is 5.96. The maximum Gasteiger partial charge on any atom is 0.245 e. The number of methoxy groups -OCH3 is 1. The number of carbonyl (C=O) groups excluding carboxylic acids is 2. The fourth-order valence-corrected chi connectivity index (χ4v) is 2.58. The number of hydrogen-bond acceptors (Lipinski definition) is 4. The molecule has 1 N–H and O–H groups in total. The number of aromatic nitrogens is 1. The summed E-state index contributed by atoms with van der Waals surface area (Å²) in [6.45, 7) is 5.95. The first-order chi connectivity index (χ1) is 9.93. The van der Waals surface area contributed by atoms with Crippen LogP contribution in [0.15, 0.2) is 18.3 Å². The molecule has 0 saturated carbocycles. The van der Waals surface area contributed by atoms with E-state index in [-0.39, 0.29) is 17.7 Å². The molecule has 6 nitrogen and oxygen atoms in total. The standard InChI is InChI=1S/C15H21N3O3/c1-9(2)13-14(19)17-10(3)15(20)18(13)8-11-5-6-16-12(7-11)21-4/h5-7,9-10,13H,8H2,1-4H3,(H,17,19). The van der Waals surface area contributed by atoms with E-state index in [1.807, 2.05) is 19.9 Å². The summed E-state index contributed by atoms with van der Waals surface area (Å²) in [6, 6.07) is 2.66. The zero-order valence-electron chi connectivity index (χ0n) is 12.8. The molecular weight excluding hydrogens is 270 g/mol. The smallest absolute Gasteiger partial charge is 0.245 e. The van der Waals surface area contributed by atoms with Crippen LogP contribution in [0.25, 0.3) is 0 Å². The lowest BCUT2D eigenvalue weighted by Crippen LogP contribution is -2.63. The minimum atomic E-state index is -0.490. The monoisotopic (exact) mass is 291 g/mol. The van der Waals surface area contributed by atoms with E-state index in [1.54, 1.807) is 31.2 Å². The molecule has 2 unspecified atom stereocenters. The molecule has 21 heavy (non-hydrogen) atoms. The molecular formula is C15H21N3O3. The number of rotatable bonds is 4. The van der Waals surface area contributed by atoms with Crippen molar-refractivity contribution in [2.24, 2.45) is 5.92 Å². The Hall–Kier alpha value is -2.11. The second-order valence-corrected chi connectivity index (χ2v) is 5.59. The minimum Gasteiger partial charge on any atom is -0.481 e. The van der Waals surface area contributed by atoms with E-state index >= 15 is 0 Å². The van der Waals surface area contributed by atoms with E-state index in [0.29, 0.717) is 12.4 Å². The van der Waals surface area contributed by atoms with Gasteiger partial charge in [-0.25, -0.2) is 4.98 Å². The van der Waals surface area contributed by atoms with Crippen molar-refractivity contribution in [1.29, 1.82) is 0 Å². The molecule has 1 aromatic rings. The van der Waals surface area contributed by atoms with Crippen molar-refractivity contribution in [3.63, 3.8) is 0 Å². The maximum atomic E-state index is 12.4. The number of piperazine rings is 1. The van der Waals surface area contributed by atoms with Gasteiger partial charge in [-0.15, -0.1) is 0 Å². The number of hydrogen-bond donors (Lipinski definition) is 1. The second-order valence-electron chi connectivity index (χ2n) is 5.59. The van der Waals surface area contributed by atoms with Gasteiger partial charge in [0.25, 0.3) is 0 Å². The average Bonchev–Trinajstić information content (AvgIpc) is 2.44. The summed E-state index contributed by atoms with van der Waals surface area (Å²) < 4.78 is 5.09. The molecule has 1 fully saturated rings. The molecule has 0 spiro atoms.